The van der Waals surface area contributed by atoms with Crippen molar-refractivity contribution in [1.29, 1.82) is 0 Å². The Morgan fingerprint density at radius 1 is 1.50 bits per heavy atom. The molecule has 0 bridgehead atoms. The van der Waals surface area contributed by atoms with E-state index in [2.05, 4.69) is 31.1 Å². The SMILES string of the molecule is CC(C)(C)CCn1nnc(C(=O)O)c1CN. The molecule has 3 N–H and O–H groups in total. The lowest BCUT2D eigenvalue weighted by molar-refractivity contribution is 0.0689. The Morgan fingerprint density at radius 3 is 2.56 bits per heavy atom. The first-order valence-corrected chi connectivity index (χ1v) is 5.21. The number of nitrogens with zero attached hydrogens (tertiary/aromatic N) is 3. The molecule has 0 radical (unpaired) electrons. The molecule has 0 atom stereocenters. The Kier molecular flexibility index (Phi) is 3.64. The van der Waals surface area contributed by atoms with E-state index in [1.54, 1.807) is 4.68 Å². The van der Waals surface area contributed by atoms with E-state index in [0.29, 0.717) is 12.2 Å². The molecule has 16 heavy (non-hydrogen) atoms. The molecule has 6 heteroatoms. The molecule has 0 fully saturated rings. The summed E-state index contributed by atoms with van der Waals surface area (Å²) < 4.78 is 1.58. The fourth-order valence-electron chi connectivity index (χ4n) is 1.32. The fourth-order valence-corrected chi connectivity index (χ4v) is 1.32. The van der Waals surface area contributed by atoms with Gasteiger partial charge in [-0.25, -0.2) is 9.48 Å². The minimum atomic E-state index is -1.08. The highest BCUT2D eigenvalue weighted by Gasteiger charge is 2.19. The number of aromatic nitrogens is 3. The van der Waals surface area contributed by atoms with Crippen molar-refractivity contribution in [1.82, 2.24) is 15.0 Å². The van der Waals surface area contributed by atoms with Crippen LogP contribution in [-0.2, 0) is 13.1 Å². The molecule has 6 nitrogen and oxygen atoms in total. The van der Waals surface area contributed by atoms with Crippen molar-refractivity contribution in [3.05, 3.63) is 11.4 Å². The number of rotatable bonds is 4. The number of carboxylic acids is 1. The smallest absolute Gasteiger partial charge is 0.358 e. The van der Waals surface area contributed by atoms with E-state index in [0.717, 1.165) is 6.42 Å². The van der Waals surface area contributed by atoms with Gasteiger partial charge < -0.3 is 10.8 Å². The monoisotopic (exact) mass is 226 g/mol. The fraction of sp³-hybridized carbons (Fsp3) is 0.700. The van der Waals surface area contributed by atoms with Crippen LogP contribution in [0, 0.1) is 5.41 Å². The Balaban J connectivity index is 2.85. The van der Waals surface area contributed by atoms with E-state index >= 15 is 0 Å². The molecule has 0 saturated heterocycles. The van der Waals surface area contributed by atoms with E-state index in [9.17, 15) is 4.79 Å². The zero-order chi connectivity index (χ0) is 12.3. The van der Waals surface area contributed by atoms with Gasteiger partial charge in [0.25, 0.3) is 0 Å². The highest BCUT2D eigenvalue weighted by atomic mass is 16.4. The van der Waals surface area contributed by atoms with E-state index in [1.807, 2.05) is 0 Å². The van der Waals surface area contributed by atoms with E-state index in [1.165, 1.54) is 0 Å². The van der Waals surface area contributed by atoms with Gasteiger partial charge in [0.1, 0.15) is 0 Å². The van der Waals surface area contributed by atoms with Gasteiger partial charge in [0.2, 0.25) is 0 Å². The maximum atomic E-state index is 10.8. The van der Waals surface area contributed by atoms with Gasteiger partial charge in [-0.3, -0.25) is 0 Å². The zero-order valence-electron chi connectivity index (χ0n) is 9.90. The van der Waals surface area contributed by atoms with Crippen molar-refractivity contribution < 1.29 is 9.90 Å². The second-order valence-corrected chi connectivity index (χ2v) is 4.93. The van der Waals surface area contributed by atoms with Crippen molar-refractivity contribution >= 4 is 5.97 Å². The van der Waals surface area contributed by atoms with Gasteiger partial charge in [-0.1, -0.05) is 26.0 Å². The number of carboxylic acid groups (broad SMARTS) is 1. The summed E-state index contributed by atoms with van der Waals surface area (Å²) in [7, 11) is 0. The number of nitrogens with two attached hydrogens (primary N) is 1. The van der Waals surface area contributed by atoms with Gasteiger partial charge in [0.15, 0.2) is 5.69 Å². The van der Waals surface area contributed by atoms with E-state index in [-0.39, 0.29) is 17.7 Å². The molecule has 1 heterocycles. The zero-order valence-corrected chi connectivity index (χ0v) is 9.90. The van der Waals surface area contributed by atoms with Gasteiger partial charge in [0.05, 0.1) is 5.69 Å². The van der Waals surface area contributed by atoms with Gasteiger partial charge >= 0.3 is 5.97 Å². The van der Waals surface area contributed by atoms with Crippen molar-refractivity contribution in [3.63, 3.8) is 0 Å². The minimum Gasteiger partial charge on any atom is -0.476 e. The summed E-state index contributed by atoms with van der Waals surface area (Å²) in [5, 5.41) is 16.3. The standard InChI is InChI=1S/C10H18N4O2/c1-10(2,3)4-5-14-7(6-11)8(9(15)16)12-13-14/h4-6,11H2,1-3H3,(H,15,16). The average Bonchev–Trinajstić information content (AvgIpc) is 2.56. The molecule has 0 unspecified atom stereocenters. The first-order valence-electron chi connectivity index (χ1n) is 5.21. The Labute approximate surface area is 94.4 Å². The maximum absolute atomic E-state index is 10.8. The molecule has 1 aromatic rings. The normalized spacial score (nSPS) is 11.8. The van der Waals surface area contributed by atoms with Crippen LogP contribution in [0.15, 0.2) is 0 Å². The Hall–Kier alpha value is -1.43. The molecule has 0 spiro atoms. The summed E-state index contributed by atoms with van der Waals surface area (Å²) in [6, 6.07) is 0. The van der Waals surface area contributed by atoms with Crippen LogP contribution in [0.1, 0.15) is 43.4 Å². The van der Waals surface area contributed by atoms with Gasteiger partial charge in [-0.05, 0) is 11.8 Å². The first kappa shape index (κ1) is 12.6. The molecule has 1 aromatic heterocycles. The number of hydrogen-bond acceptors (Lipinski definition) is 4. The van der Waals surface area contributed by atoms with Crippen LogP contribution in [0.3, 0.4) is 0 Å². The summed E-state index contributed by atoms with van der Waals surface area (Å²) >= 11 is 0. The van der Waals surface area contributed by atoms with Crippen LogP contribution >= 0.6 is 0 Å². The number of hydrogen-bond donors (Lipinski definition) is 2. The van der Waals surface area contributed by atoms with Crippen LogP contribution in [0.2, 0.25) is 0 Å². The second kappa shape index (κ2) is 4.61. The van der Waals surface area contributed by atoms with Crippen LogP contribution in [0.5, 0.6) is 0 Å². The highest BCUT2D eigenvalue weighted by Crippen LogP contribution is 2.19. The maximum Gasteiger partial charge on any atom is 0.358 e. The minimum absolute atomic E-state index is 0.0450. The first-order chi connectivity index (χ1) is 7.35. The lowest BCUT2D eigenvalue weighted by atomic mass is 9.92. The molecule has 1 rings (SSSR count). The topological polar surface area (TPSA) is 94.0 Å². The van der Waals surface area contributed by atoms with Gasteiger partial charge in [-0.2, -0.15) is 0 Å². The third-order valence-electron chi connectivity index (χ3n) is 2.31. The molecule has 0 aliphatic heterocycles. The quantitative estimate of drug-likeness (QED) is 0.794. The second-order valence-electron chi connectivity index (χ2n) is 4.93. The van der Waals surface area contributed by atoms with Crippen molar-refractivity contribution in [2.45, 2.75) is 40.3 Å². The van der Waals surface area contributed by atoms with Gasteiger partial charge in [-0.15, -0.1) is 5.10 Å². The van der Waals surface area contributed by atoms with Crippen molar-refractivity contribution in [2.24, 2.45) is 11.1 Å². The molecule has 0 aromatic carbocycles. The molecular weight excluding hydrogens is 208 g/mol. The van der Waals surface area contributed by atoms with Crippen LogP contribution in [0.25, 0.3) is 0 Å². The molecular formula is C10H18N4O2. The molecule has 0 saturated carbocycles. The summed E-state index contributed by atoms with van der Waals surface area (Å²) in [5.41, 5.74) is 6.11. The van der Waals surface area contributed by atoms with Gasteiger partial charge in [0, 0.05) is 13.1 Å². The Bertz CT molecular complexity index is 379. The summed E-state index contributed by atoms with van der Waals surface area (Å²) in [6.07, 6.45) is 0.891. The molecule has 0 aliphatic carbocycles. The summed E-state index contributed by atoms with van der Waals surface area (Å²) in [6.45, 7) is 7.12. The summed E-state index contributed by atoms with van der Waals surface area (Å²) in [4.78, 5) is 10.8. The number of carbonyl (C=O) groups is 1. The van der Waals surface area contributed by atoms with E-state index < -0.39 is 5.97 Å². The third kappa shape index (κ3) is 3.03. The highest BCUT2D eigenvalue weighted by molar-refractivity contribution is 5.86. The average molecular weight is 226 g/mol. The lowest BCUT2D eigenvalue weighted by Gasteiger charge is -2.18. The van der Waals surface area contributed by atoms with Crippen molar-refractivity contribution in [2.75, 3.05) is 0 Å². The van der Waals surface area contributed by atoms with Crippen LogP contribution in [-0.4, -0.2) is 26.1 Å². The van der Waals surface area contributed by atoms with E-state index in [4.69, 9.17) is 10.8 Å². The number of aryl methyl sites for hydroxylation is 1. The van der Waals surface area contributed by atoms with Crippen molar-refractivity contribution in [3.8, 4) is 0 Å². The molecule has 90 valence electrons. The van der Waals surface area contributed by atoms with Crippen LogP contribution in [0.4, 0.5) is 0 Å². The predicted molar refractivity (Wildman–Crippen MR) is 58.9 cm³/mol. The Morgan fingerprint density at radius 2 is 2.12 bits per heavy atom. The number of aromatic carboxylic acids is 1. The lowest BCUT2D eigenvalue weighted by Crippen LogP contribution is -2.16. The summed E-state index contributed by atoms with van der Waals surface area (Å²) in [5.74, 6) is -1.08. The molecule has 0 amide bonds. The largest absolute Gasteiger partial charge is 0.476 e. The third-order valence-corrected chi connectivity index (χ3v) is 2.31. The predicted octanol–water partition coefficient (Wildman–Crippen LogP) is 0.871. The van der Waals surface area contributed by atoms with Crippen LogP contribution < -0.4 is 5.73 Å². The molecule has 0 aliphatic rings.